The van der Waals surface area contributed by atoms with Crippen molar-refractivity contribution in [2.24, 2.45) is 5.73 Å². The van der Waals surface area contributed by atoms with Crippen molar-refractivity contribution >= 4 is 27.6 Å². The molecule has 0 saturated carbocycles. The second-order valence-corrected chi connectivity index (χ2v) is 8.47. The predicted molar refractivity (Wildman–Crippen MR) is 71.1 cm³/mol. The van der Waals surface area contributed by atoms with Crippen LogP contribution in [0.1, 0.15) is 27.2 Å². The van der Waals surface area contributed by atoms with E-state index in [1.807, 2.05) is 6.92 Å². The number of sulfone groups is 1. The molecule has 7 heteroatoms. The van der Waals surface area contributed by atoms with Gasteiger partial charge in [-0.2, -0.15) is 11.8 Å². The highest BCUT2D eigenvalue weighted by Gasteiger charge is 2.32. The Kier molecular flexibility index (Phi) is 6.50. The SMILES string of the molecule is CCCS(=O)(=O)CCSC(C)(C)[C@@H](N)C(=O)O. The summed E-state index contributed by atoms with van der Waals surface area (Å²) >= 11 is 1.28. The predicted octanol–water partition coefficient (Wildman–Crippen LogP) is 0.735. The molecule has 0 aromatic heterocycles. The van der Waals surface area contributed by atoms with Gasteiger partial charge in [0.2, 0.25) is 0 Å². The number of carbonyl (C=O) groups is 1. The maximum Gasteiger partial charge on any atom is 0.321 e. The molecule has 3 N–H and O–H groups in total. The number of nitrogens with two attached hydrogens (primary N) is 1. The standard InChI is InChI=1S/C10H21NO4S2/c1-4-6-17(14,15)7-5-16-10(2,3)8(11)9(12)13/h8H,4-7,11H2,1-3H3,(H,12,13)/t8-/m0/s1. The minimum Gasteiger partial charge on any atom is -0.480 e. The van der Waals surface area contributed by atoms with Gasteiger partial charge in [0.05, 0.1) is 5.75 Å². The van der Waals surface area contributed by atoms with Gasteiger partial charge in [0, 0.05) is 16.3 Å². The van der Waals surface area contributed by atoms with Crippen molar-refractivity contribution in [3.8, 4) is 0 Å². The lowest BCUT2D eigenvalue weighted by atomic mass is 10.1. The Labute approximate surface area is 107 Å². The summed E-state index contributed by atoms with van der Waals surface area (Å²) in [4.78, 5) is 10.8. The van der Waals surface area contributed by atoms with Crippen molar-refractivity contribution in [2.45, 2.75) is 38.0 Å². The lowest BCUT2D eigenvalue weighted by molar-refractivity contribution is -0.139. The van der Waals surface area contributed by atoms with E-state index in [9.17, 15) is 13.2 Å². The van der Waals surface area contributed by atoms with E-state index < -0.39 is 26.6 Å². The van der Waals surface area contributed by atoms with E-state index in [-0.39, 0.29) is 11.5 Å². The van der Waals surface area contributed by atoms with Crippen molar-refractivity contribution in [3.63, 3.8) is 0 Å². The summed E-state index contributed by atoms with van der Waals surface area (Å²) in [6.45, 7) is 5.24. The fourth-order valence-corrected chi connectivity index (χ4v) is 4.21. The third-order valence-corrected chi connectivity index (χ3v) is 5.92. The molecule has 0 bridgehead atoms. The Morgan fingerprint density at radius 1 is 1.41 bits per heavy atom. The fourth-order valence-electron chi connectivity index (χ4n) is 1.23. The van der Waals surface area contributed by atoms with Crippen molar-refractivity contribution in [1.82, 2.24) is 0 Å². The van der Waals surface area contributed by atoms with E-state index in [4.69, 9.17) is 10.8 Å². The van der Waals surface area contributed by atoms with Gasteiger partial charge < -0.3 is 10.8 Å². The first-order valence-corrected chi connectivity index (χ1v) is 8.26. The molecule has 0 rings (SSSR count). The molecule has 0 radical (unpaired) electrons. The molecule has 1 atom stereocenters. The average Bonchev–Trinajstić information content (AvgIpc) is 2.15. The topological polar surface area (TPSA) is 97.5 Å². The Hall–Kier alpha value is -0.270. The second kappa shape index (κ2) is 6.61. The van der Waals surface area contributed by atoms with Gasteiger partial charge in [-0.15, -0.1) is 0 Å². The van der Waals surface area contributed by atoms with Crippen molar-refractivity contribution < 1.29 is 18.3 Å². The van der Waals surface area contributed by atoms with Gasteiger partial charge in [-0.3, -0.25) is 4.79 Å². The van der Waals surface area contributed by atoms with Gasteiger partial charge in [0.25, 0.3) is 0 Å². The number of hydrogen-bond acceptors (Lipinski definition) is 5. The van der Waals surface area contributed by atoms with E-state index in [1.165, 1.54) is 11.8 Å². The van der Waals surface area contributed by atoms with Crippen LogP contribution >= 0.6 is 11.8 Å². The summed E-state index contributed by atoms with van der Waals surface area (Å²) in [5, 5.41) is 8.80. The van der Waals surface area contributed by atoms with Crippen LogP contribution in [0.3, 0.4) is 0 Å². The lowest BCUT2D eigenvalue weighted by Gasteiger charge is -2.27. The number of hydrogen-bond donors (Lipinski definition) is 2. The molecule has 0 saturated heterocycles. The van der Waals surface area contributed by atoms with Crippen LogP contribution in [0.15, 0.2) is 0 Å². The number of carboxylic acid groups (broad SMARTS) is 1. The van der Waals surface area contributed by atoms with Gasteiger partial charge >= 0.3 is 5.97 Å². The molecule has 0 fully saturated rings. The first kappa shape index (κ1) is 16.7. The molecule has 0 aliphatic heterocycles. The minimum atomic E-state index is -3.01. The summed E-state index contributed by atoms with van der Waals surface area (Å²) in [6, 6.07) is -0.999. The van der Waals surface area contributed by atoms with E-state index in [0.717, 1.165) is 0 Å². The molecular formula is C10H21NO4S2. The first-order valence-electron chi connectivity index (χ1n) is 5.45. The van der Waals surface area contributed by atoms with E-state index in [0.29, 0.717) is 12.2 Å². The monoisotopic (exact) mass is 283 g/mol. The highest BCUT2D eigenvalue weighted by Crippen LogP contribution is 2.27. The first-order chi connectivity index (χ1) is 7.62. The summed E-state index contributed by atoms with van der Waals surface area (Å²) in [5.41, 5.74) is 5.53. The van der Waals surface area contributed by atoms with E-state index >= 15 is 0 Å². The van der Waals surface area contributed by atoms with Crippen LogP contribution in [0.4, 0.5) is 0 Å². The fraction of sp³-hybridized carbons (Fsp3) is 0.900. The van der Waals surface area contributed by atoms with Crippen molar-refractivity contribution in [1.29, 1.82) is 0 Å². The quantitative estimate of drug-likeness (QED) is 0.681. The lowest BCUT2D eigenvalue weighted by Crippen LogP contribution is -2.47. The third-order valence-electron chi connectivity index (χ3n) is 2.40. The zero-order valence-electron chi connectivity index (χ0n) is 10.5. The van der Waals surface area contributed by atoms with Crippen LogP contribution in [0.25, 0.3) is 0 Å². The minimum absolute atomic E-state index is 0.0707. The molecule has 0 aliphatic rings. The third kappa shape index (κ3) is 6.28. The Bertz CT molecular complexity index is 351. The second-order valence-electron chi connectivity index (χ2n) is 4.42. The summed E-state index contributed by atoms with van der Waals surface area (Å²) in [5.74, 6) is -0.449. The number of thioether (sulfide) groups is 1. The highest BCUT2D eigenvalue weighted by atomic mass is 32.2. The van der Waals surface area contributed by atoms with Gasteiger partial charge in [-0.25, -0.2) is 8.42 Å². The molecule has 5 nitrogen and oxygen atoms in total. The molecule has 17 heavy (non-hydrogen) atoms. The van der Waals surface area contributed by atoms with Gasteiger partial charge in [0.1, 0.15) is 6.04 Å². The molecule has 0 aromatic rings. The molecule has 0 amide bonds. The molecule has 0 aliphatic carbocycles. The largest absolute Gasteiger partial charge is 0.480 e. The van der Waals surface area contributed by atoms with Gasteiger partial charge in [0.15, 0.2) is 9.84 Å². The smallest absolute Gasteiger partial charge is 0.321 e. The number of carboxylic acids is 1. The van der Waals surface area contributed by atoms with E-state index in [2.05, 4.69) is 0 Å². The Morgan fingerprint density at radius 2 is 1.94 bits per heavy atom. The van der Waals surface area contributed by atoms with Gasteiger partial charge in [-0.1, -0.05) is 6.92 Å². The number of rotatable bonds is 8. The zero-order valence-corrected chi connectivity index (χ0v) is 12.1. The maximum absolute atomic E-state index is 11.5. The maximum atomic E-state index is 11.5. The van der Waals surface area contributed by atoms with E-state index in [1.54, 1.807) is 13.8 Å². The number of aliphatic carboxylic acids is 1. The van der Waals surface area contributed by atoms with Crippen LogP contribution < -0.4 is 5.73 Å². The van der Waals surface area contributed by atoms with Crippen LogP contribution in [0.5, 0.6) is 0 Å². The Morgan fingerprint density at radius 3 is 2.35 bits per heavy atom. The molecular weight excluding hydrogens is 262 g/mol. The molecule has 0 aromatic carbocycles. The summed E-state index contributed by atoms with van der Waals surface area (Å²) in [7, 11) is -3.01. The molecule has 0 heterocycles. The highest BCUT2D eigenvalue weighted by molar-refractivity contribution is 8.01. The van der Waals surface area contributed by atoms with Crippen LogP contribution in [0, 0.1) is 0 Å². The van der Waals surface area contributed by atoms with Gasteiger partial charge in [-0.05, 0) is 20.3 Å². The van der Waals surface area contributed by atoms with Crippen molar-refractivity contribution in [2.75, 3.05) is 17.3 Å². The summed E-state index contributed by atoms with van der Waals surface area (Å²) < 4.78 is 22.2. The average molecular weight is 283 g/mol. The normalized spacial score (nSPS) is 14.6. The van der Waals surface area contributed by atoms with Crippen LogP contribution in [-0.2, 0) is 14.6 Å². The van der Waals surface area contributed by atoms with Crippen LogP contribution in [0.2, 0.25) is 0 Å². The Balaban J connectivity index is 4.25. The molecule has 102 valence electrons. The van der Waals surface area contributed by atoms with Crippen molar-refractivity contribution in [3.05, 3.63) is 0 Å². The molecule has 0 unspecified atom stereocenters. The zero-order chi connectivity index (χ0) is 13.7. The van der Waals surface area contributed by atoms with Crippen LogP contribution in [-0.4, -0.2) is 47.5 Å². The molecule has 0 spiro atoms. The summed E-state index contributed by atoms with van der Waals surface area (Å²) in [6.07, 6.45) is 0.602.